The van der Waals surface area contributed by atoms with Crippen molar-refractivity contribution in [3.8, 4) is 5.19 Å². The molecule has 3 heterocycles. The van der Waals surface area contributed by atoms with Crippen LogP contribution in [0.15, 0.2) is 29.8 Å². The molecule has 0 unspecified atom stereocenters. The molecule has 0 saturated carbocycles. The van der Waals surface area contributed by atoms with E-state index in [0.717, 1.165) is 56.1 Å². The Morgan fingerprint density at radius 2 is 1.75 bits per heavy atom. The zero-order valence-corrected chi connectivity index (χ0v) is 16.3. The average Bonchev–Trinajstić information content (AvgIpc) is 3.21. The van der Waals surface area contributed by atoms with Crippen LogP contribution in [0.25, 0.3) is 0 Å². The van der Waals surface area contributed by atoms with E-state index in [-0.39, 0.29) is 6.10 Å². The molecule has 4 rings (SSSR count). The number of ether oxygens (including phenoxy) is 1. The molecule has 150 valence electrons. The van der Waals surface area contributed by atoms with Crippen LogP contribution in [0, 0.1) is 11.6 Å². The van der Waals surface area contributed by atoms with E-state index in [2.05, 4.69) is 9.88 Å². The monoisotopic (exact) mass is 407 g/mol. The molecule has 2 aliphatic rings. The van der Waals surface area contributed by atoms with E-state index < -0.39 is 23.1 Å². The molecule has 8 heteroatoms. The lowest BCUT2D eigenvalue weighted by Gasteiger charge is -2.41. The maximum atomic E-state index is 13.9. The Morgan fingerprint density at radius 1 is 1.07 bits per heavy atom. The lowest BCUT2D eigenvalue weighted by molar-refractivity contribution is 0.0421. The number of nitrogens with zero attached hydrogens (tertiary/aromatic N) is 3. The van der Waals surface area contributed by atoms with Crippen LogP contribution in [0.5, 0.6) is 5.19 Å². The second-order valence-electron chi connectivity index (χ2n) is 7.27. The van der Waals surface area contributed by atoms with E-state index in [1.807, 2.05) is 5.38 Å². The highest BCUT2D eigenvalue weighted by Crippen LogP contribution is 2.26. The fraction of sp³-hybridized carbons (Fsp3) is 0.500. The zero-order valence-electron chi connectivity index (χ0n) is 15.5. The topological polar surface area (TPSA) is 45.7 Å². The SMILES string of the molecule is O=C(c1c(F)cccc1F)N1CCC(N2CCC(Oc3nccs3)CC2)CC1. The largest absolute Gasteiger partial charge is 0.467 e. The van der Waals surface area contributed by atoms with E-state index in [0.29, 0.717) is 19.1 Å². The van der Waals surface area contributed by atoms with Crippen LogP contribution in [0.4, 0.5) is 8.78 Å². The van der Waals surface area contributed by atoms with Gasteiger partial charge < -0.3 is 9.64 Å². The molecule has 1 aromatic carbocycles. The first-order valence-electron chi connectivity index (χ1n) is 9.65. The third-order valence-corrected chi connectivity index (χ3v) is 6.26. The van der Waals surface area contributed by atoms with E-state index in [4.69, 9.17) is 4.74 Å². The van der Waals surface area contributed by atoms with Gasteiger partial charge in [-0.3, -0.25) is 9.69 Å². The molecule has 2 saturated heterocycles. The van der Waals surface area contributed by atoms with Crippen LogP contribution < -0.4 is 4.74 Å². The van der Waals surface area contributed by atoms with Gasteiger partial charge in [-0.15, -0.1) is 0 Å². The van der Waals surface area contributed by atoms with Gasteiger partial charge in [-0.2, -0.15) is 0 Å². The Hall–Kier alpha value is -2.06. The summed E-state index contributed by atoms with van der Waals surface area (Å²) >= 11 is 1.51. The molecule has 0 bridgehead atoms. The van der Waals surface area contributed by atoms with Crippen molar-refractivity contribution in [1.29, 1.82) is 0 Å². The number of amides is 1. The van der Waals surface area contributed by atoms with Crippen LogP contribution in [0.3, 0.4) is 0 Å². The minimum absolute atomic E-state index is 0.202. The third kappa shape index (κ3) is 4.17. The first-order chi connectivity index (χ1) is 13.6. The molecule has 2 aliphatic heterocycles. The minimum Gasteiger partial charge on any atom is -0.467 e. The van der Waals surface area contributed by atoms with Gasteiger partial charge in [-0.25, -0.2) is 13.8 Å². The van der Waals surface area contributed by atoms with E-state index in [9.17, 15) is 13.6 Å². The van der Waals surface area contributed by atoms with E-state index in [1.165, 1.54) is 17.4 Å². The Kier molecular flexibility index (Phi) is 5.87. The van der Waals surface area contributed by atoms with Crippen LogP contribution in [-0.4, -0.2) is 59.0 Å². The molecule has 28 heavy (non-hydrogen) atoms. The lowest BCUT2D eigenvalue weighted by atomic mass is 9.98. The highest BCUT2D eigenvalue weighted by Gasteiger charge is 2.32. The fourth-order valence-electron chi connectivity index (χ4n) is 4.06. The van der Waals surface area contributed by atoms with Gasteiger partial charge in [0.25, 0.3) is 11.1 Å². The molecular formula is C20H23F2N3O2S. The number of thiazole rings is 1. The molecule has 0 radical (unpaired) electrons. The molecule has 5 nitrogen and oxygen atoms in total. The number of carbonyl (C=O) groups is 1. The summed E-state index contributed by atoms with van der Waals surface area (Å²) in [4.78, 5) is 20.7. The van der Waals surface area contributed by atoms with Gasteiger partial charge >= 0.3 is 0 Å². The predicted octanol–water partition coefficient (Wildman–Crippen LogP) is 3.57. The Labute approximate surface area is 166 Å². The molecule has 0 spiro atoms. The molecule has 0 aliphatic carbocycles. The standard InChI is InChI=1S/C20H23F2N3O2S/c21-16-2-1-3-17(22)18(16)19(26)25-9-4-14(5-10-25)24-11-6-15(7-12-24)27-20-23-8-13-28-20/h1-3,8,13-15H,4-7,9-12H2. The van der Waals surface area contributed by atoms with Gasteiger partial charge in [0.2, 0.25) is 0 Å². The van der Waals surface area contributed by atoms with Crippen molar-refractivity contribution in [2.75, 3.05) is 26.2 Å². The maximum absolute atomic E-state index is 13.9. The average molecular weight is 407 g/mol. The molecule has 1 amide bonds. The Balaban J connectivity index is 1.27. The Morgan fingerprint density at radius 3 is 2.36 bits per heavy atom. The van der Waals surface area contributed by atoms with Gasteiger partial charge in [0, 0.05) is 43.8 Å². The number of likely N-dealkylation sites (tertiary alicyclic amines) is 2. The van der Waals surface area contributed by atoms with Crippen molar-refractivity contribution >= 4 is 17.2 Å². The van der Waals surface area contributed by atoms with Crippen molar-refractivity contribution in [1.82, 2.24) is 14.8 Å². The summed E-state index contributed by atoms with van der Waals surface area (Å²) < 4.78 is 33.7. The molecule has 2 aromatic rings. The number of hydrogen-bond acceptors (Lipinski definition) is 5. The van der Waals surface area contributed by atoms with E-state index in [1.54, 1.807) is 11.1 Å². The van der Waals surface area contributed by atoms with Gasteiger partial charge in [0.1, 0.15) is 23.3 Å². The number of rotatable bonds is 4. The van der Waals surface area contributed by atoms with Crippen molar-refractivity contribution in [2.45, 2.75) is 37.8 Å². The fourth-order valence-corrected chi connectivity index (χ4v) is 4.62. The summed E-state index contributed by atoms with van der Waals surface area (Å²) in [6.45, 7) is 2.95. The lowest BCUT2D eigenvalue weighted by Crippen LogP contribution is -2.50. The first-order valence-corrected chi connectivity index (χ1v) is 10.5. The van der Waals surface area contributed by atoms with Crippen molar-refractivity contribution in [3.05, 3.63) is 47.0 Å². The summed E-state index contributed by atoms with van der Waals surface area (Å²) in [5.74, 6) is -2.14. The molecule has 1 aromatic heterocycles. The van der Waals surface area contributed by atoms with Crippen LogP contribution in [-0.2, 0) is 0 Å². The highest BCUT2D eigenvalue weighted by molar-refractivity contribution is 7.11. The number of aromatic nitrogens is 1. The quantitative estimate of drug-likeness (QED) is 0.777. The second kappa shape index (κ2) is 8.53. The molecular weight excluding hydrogens is 384 g/mol. The van der Waals surface area contributed by atoms with Crippen LogP contribution in [0.1, 0.15) is 36.0 Å². The summed E-state index contributed by atoms with van der Waals surface area (Å²) in [7, 11) is 0. The normalized spacial score (nSPS) is 19.7. The molecule has 0 atom stereocenters. The van der Waals surface area contributed by atoms with Crippen LogP contribution >= 0.6 is 11.3 Å². The minimum atomic E-state index is -0.797. The Bertz CT molecular complexity index is 782. The van der Waals surface area contributed by atoms with Crippen molar-refractivity contribution in [2.24, 2.45) is 0 Å². The number of piperidine rings is 2. The van der Waals surface area contributed by atoms with Crippen LogP contribution in [0.2, 0.25) is 0 Å². The maximum Gasteiger partial charge on any atom is 0.273 e. The van der Waals surface area contributed by atoms with Crippen molar-refractivity contribution in [3.63, 3.8) is 0 Å². The number of hydrogen-bond donors (Lipinski definition) is 0. The smallest absolute Gasteiger partial charge is 0.273 e. The highest BCUT2D eigenvalue weighted by atomic mass is 32.1. The number of carbonyl (C=O) groups excluding carboxylic acids is 1. The molecule has 0 N–H and O–H groups in total. The predicted molar refractivity (Wildman–Crippen MR) is 103 cm³/mol. The van der Waals surface area contributed by atoms with Gasteiger partial charge in [0.15, 0.2) is 0 Å². The number of halogens is 2. The first kappa shape index (κ1) is 19.3. The number of benzene rings is 1. The summed E-state index contributed by atoms with van der Waals surface area (Å²) in [5, 5.41) is 2.64. The van der Waals surface area contributed by atoms with Crippen molar-refractivity contribution < 1.29 is 18.3 Å². The van der Waals surface area contributed by atoms with E-state index >= 15 is 0 Å². The van der Waals surface area contributed by atoms with Gasteiger partial charge in [0.05, 0.1) is 0 Å². The third-order valence-electron chi connectivity index (χ3n) is 5.60. The summed E-state index contributed by atoms with van der Waals surface area (Å²) in [6, 6.07) is 3.92. The van der Waals surface area contributed by atoms with Gasteiger partial charge in [-0.05, 0) is 37.8 Å². The zero-order chi connectivity index (χ0) is 19.5. The summed E-state index contributed by atoms with van der Waals surface area (Å²) in [6.07, 6.45) is 5.50. The summed E-state index contributed by atoms with van der Waals surface area (Å²) in [5.41, 5.74) is -0.443. The van der Waals surface area contributed by atoms with Gasteiger partial charge in [-0.1, -0.05) is 17.4 Å². The molecule has 2 fully saturated rings. The second-order valence-corrected chi connectivity index (χ2v) is 8.13.